The van der Waals surface area contributed by atoms with Crippen LogP contribution in [-0.2, 0) is 13.1 Å². The average Bonchev–Trinajstić information content (AvgIpc) is 2.54. The molecular formula is C11H20N2O. The van der Waals surface area contributed by atoms with Crippen LogP contribution in [-0.4, -0.2) is 25.5 Å². The highest BCUT2D eigenvalue weighted by Gasteiger charge is 2.07. The van der Waals surface area contributed by atoms with Crippen molar-refractivity contribution in [2.75, 3.05) is 20.6 Å². The third-order valence-corrected chi connectivity index (χ3v) is 2.22. The lowest BCUT2D eigenvalue weighted by Crippen LogP contribution is -2.19. The molecule has 0 aliphatic heterocycles. The van der Waals surface area contributed by atoms with Crippen molar-refractivity contribution in [1.82, 2.24) is 10.2 Å². The van der Waals surface area contributed by atoms with Gasteiger partial charge in [-0.25, -0.2) is 0 Å². The molecule has 0 aromatic carbocycles. The third-order valence-electron chi connectivity index (χ3n) is 2.22. The molecular weight excluding hydrogens is 176 g/mol. The Morgan fingerprint density at radius 3 is 2.93 bits per heavy atom. The quantitative estimate of drug-likeness (QED) is 0.752. The molecule has 0 aliphatic carbocycles. The van der Waals surface area contributed by atoms with Crippen LogP contribution < -0.4 is 5.32 Å². The molecule has 1 aromatic heterocycles. The Hall–Kier alpha value is -0.800. The van der Waals surface area contributed by atoms with Gasteiger partial charge in [0.05, 0.1) is 12.8 Å². The molecule has 0 fully saturated rings. The summed E-state index contributed by atoms with van der Waals surface area (Å²) >= 11 is 0. The number of nitrogens with zero attached hydrogens (tertiary/aromatic N) is 1. The molecule has 14 heavy (non-hydrogen) atoms. The van der Waals surface area contributed by atoms with Gasteiger partial charge in [-0.15, -0.1) is 0 Å². The van der Waals surface area contributed by atoms with E-state index in [0.29, 0.717) is 0 Å². The van der Waals surface area contributed by atoms with Crippen molar-refractivity contribution in [3.8, 4) is 0 Å². The van der Waals surface area contributed by atoms with E-state index in [1.165, 1.54) is 12.0 Å². The standard InChI is InChI=1S/C11H20N2O/c1-4-6-13(3)9-11-10(8-12-2)5-7-14-11/h5,7,12H,4,6,8-9H2,1-3H3. The zero-order chi connectivity index (χ0) is 10.4. The fourth-order valence-corrected chi connectivity index (χ4v) is 1.56. The van der Waals surface area contributed by atoms with Crippen LogP contribution in [0.1, 0.15) is 24.7 Å². The van der Waals surface area contributed by atoms with Crippen molar-refractivity contribution < 1.29 is 4.42 Å². The van der Waals surface area contributed by atoms with Gasteiger partial charge in [0.25, 0.3) is 0 Å². The maximum absolute atomic E-state index is 5.45. The van der Waals surface area contributed by atoms with Crippen LogP contribution in [0, 0.1) is 0 Å². The molecule has 0 atom stereocenters. The van der Waals surface area contributed by atoms with Gasteiger partial charge in [0.2, 0.25) is 0 Å². The highest BCUT2D eigenvalue weighted by atomic mass is 16.3. The van der Waals surface area contributed by atoms with Crippen LogP contribution in [0.25, 0.3) is 0 Å². The first-order chi connectivity index (χ1) is 6.77. The number of rotatable bonds is 6. The lowest BCUT2D eigenvalue weighted by molar-refractivity contribution is 0.293. The Bertz CT molecular complexity index is 258. The molecule has 1 aromatic rings. The lowest BCUT2D eigenvalue weighted by atomic mass is 10.2. The van der Waals surface area contributed by atoms with E-state index in [4.69, 9.17) is 4.42 Å². The Labute approximate surface area is 86.1 Å². The molecule has 0 saturated carbocycles. The summed E-state index contributed by atoms with van der Waals surface area (Å²) in [6.45, 7) is 5.08. The first-order valence-electron chi connectivity index (χ1n) is 5.16. The van der Waals surface area contributed by atoms with Crippen molar-refractivity contribution in [2.45, 2.75) is 26.4 Å². The number of furan rings is 1. The van der Waals surface area contributed by atoms with Crippen molar-refractivity contribution in [3.63, 3.8) is 0 Å². The summed E-state index contributed by atoms with van der Waals surface area (Å²) in [5.41, 5.74) is 1.26. The summed E-state index contributed by atoms with van der Waals surface area (Å²) < 4.78 is 5.45. The zero-order valence-corrected chi connectivity index (χ0v) is 9.34. The van der Waals surface area contributed by atoms with Crippen LogP contribution in [0.3, 0.4) is 0 Å². The highest BCUT2D eigenvalue weighted by Crippen LogP contribution is 2.12. The van der Waals surface area contributed by atoms with Crippen LogP contribution in [0.2, 0.25) is 0 Å². The maximum Gasteiger partial charge on any atom is 0.122 e. The highest BCUT2D eigenvalue weighted by molar-refractivity contribution is 5.16. The summed E-state index contributed by atoms with van der Waals surface area (Å²) in [5, 5.41) is 3.14. The van der Waals surface area contributed by atoms with E-state index in [1.807, 2.05) is 13.1 Å². The maximum atomic E-state index is 5.45. The predicted molar refractivity (Wildman–Crippen MR) is 58.1 cm³/mol. The molecule has 0 aliphatic rings. The molecule has 0 spiro atoms. The second kappa shape index (κ2) is 5.83. The normalized spacial score (nSPS) is 11.1. The van der Waals surface area contributed by atoms with Gasteiger partial charge < -0.3 is 9.73 Å². The average molecular weight is 196 g/mol. The molecule has 1 rings (SSSR count). The topological polar surface area (TPSA) is 28.4 Å². The first-order valence-corrected chi connectivity index (χ1v) is 5.16. The molecule has 0 unspecified atom stereocenters. The van der Waals surface area contributed by atoms with Crippen LogP contribution >= 0.6 is 0 Å². The molecule has 0 saturated heterocycles. The van der Waals surface area contributed by atoms with E-state index in [0.717, 1.165) is 25.4 Å². The van der Waals surface area contributed by atoms with Crippen molar-refractivity contribution >= 4 is 0 Å². The Morgan fingerprint density at radius 1 is 1.50 bits per heavy atom. The second-order valence-electron chi connectivity index (χ2n) is 3.64. The summed E-state index contributed by atoms with van der Waals surface area (Å²) in [6, 6.07) is 2.03. The predicted octanol–water partition coefficient (Wildman–Crippen LogP) is 1.84. The Balaban J connectivity index is 2.52. The third kappa shape index (κ3) is 3.16. The molecule has 0 radical (unpaired) electrons. The summed E-state index contributed by atoms with van der Waals surface area (Å²) in [4.78, 5) is 2.28. The summed E-state index contributed by atoms with van der Waals surface area (Å²) in [5.74, 6) is 1.08. The van der Waals surface area contributed by atoms with Gasteiger partial charge in [-0.05, 0) is 33.1 Å². The van der Waals surface area contributed by atoms with Gasteiger partial charge in [-0.2, -0.15) is 0 Å². The molecule has 3 heteroatoms. The minimum Gasteiger partial charge on any atom is -0.468 e. The van der Waals surface area contributed by atoms with Crippen LogP contribution in [0.4, 0.5) is 0 Å². The smallest absolute Gasteiger partial charge is 0.122 e. The zero-order valence-electron chi connectivity index (χ0n) is 9.34. The van der Waals surface area contributed by atoms with Gasteiger partial charge in [0.1, 0.15) is 5.76 Å². The molecule has 0 bridgehead atoms. The number of nitrogens with one attached hydrogen (secondary N) is 1. The van der Waals surface area contributed by atoms with Crippen molar-refractivity contribution in [1.29, 1.82) is 0 Å². The molecule has 3 nitrogen and oxygen atoms in total. The Morgan fingerprint density at radius 2 is 2.29 bits per heavy atom. The molecule has 0 amide bonds. The molecule has 1 N–H and O–H groups in total. The van der Waals surface area contributed by atoms with Gasteiger partial charge in [-0.1, -0.05) is 6.92 Å². The molecule has 1 heterocycles. The minimum absolute atomic E-state index is 0.881. The Kier molecular flexibility index (Phi) is 4.70. The number of hydrogen-bond donors (Lipinski definition) is 1. The van der Waals surface area contributed by atoms with E-state index in [1.54, 1.807) is 6.26 Å². The minimum atomic E-state index is 0.881. The van der Waals surface area contributed by atoms with Gasteiger partial charge >= 0.3 is 0 Å². The van der Waals surface area contributed by atoms with E-state index in [9.17, 15) is 0 Å². The number of hydrogen-bond acceptors (Lipinski definition) is 3. The van der Waals surface area contributed by atoms with Gasteiger partial charge in [-0.3, -0.25) is 4.90 Å². The van der Waals surface area contributed by atoms with Crippen molar-refractivity contribution in [3.05, 3.63) is 23.7 Å². The van der Waals surface area contributed by atoms with Gasteiger partial charge in [0, 0.05) is 12.1 Å². The fraction of sp³-hybridized carbons (Fsp3) is 0.636. The lowest BCUT2D eigenvalue weighted by Gasteiger charge is -2.14. The molecule has 80 valence electrons. The first kappa shape index (κ1) is 11.3. The van der Waals surface area contributed by atoms with Crippen LogP contribution in [0.15, 0.2) is 16.7 Å². The monoisotopic (exact) mass is 196 g/mol. The van der Waals surface area contributed by atoms with E-state index >= 15 is 0 Å². The largest absolute Gasteiger partial charge is 0.468 e. The summed E-state index contributed by atoms with van der Waals surface area (Å²) in [7, 11) is 4.07. The SMILES string of the molecule is CCCN(C)Cc1occc1CNC. The second-order valence-corrected chi connectivity index (χ2v) is 3.64. The van der Waals surface area contributed by atoms with Gasteiger partial charge in [0.15, 0.2) is 0 Å². The van der Waals surface area contributed by atoms with E-state index < -0.39 is 0 Å². The van der Waals surface area contributed by atoms with Crippen molar-refractivity contribution in [2.24, 2.45) is 0 Å². The summed E-state index contributed by atoms with van der Waals surface area (Å²) in [6.07, 6.45) is 2.94. The van der Waals surface area contributed by atoms with E-state index in [2.05, 4.69) is 24.2 Å². The van der Waals surface area contributed by atoms with E-state index in [-0.39, 0.29) is 0 Å². The fourth-order valence-electron chi connectivity index (χ4n) is 1.56. The van der Waals surface area contributed by atoms with Crippen LogP contribution in [0.5, 0.6) is 0 Å².